The number of amides is 2. The molecule has 2 heterocycles. The van der Waals surface area contributed by atoms with Gasteiger partial charge in [0.2, 0.25) is 0 Å². The van der Waals surface area contributed by atoms with Gasteiger partial charge in [-0.25, -0.2) is 17.9 Å². The number of piperazine rings is 1. The summed E-state index contributed by atoms with van der Waals surface area (Å²) >= 11 is 0. The van der Waals surface area contributed by atoms with Crippen molar-refractivity contribution in [3.63, 3.8) is 0 Å². The number of sulfonamides is 1. The molecule has 0 saturated carbocycles. The van der Waals surface area contributed by atoms with E-state index in [-0.39, 0.29) is 4.90 Å². The molecule has 31 heavy (non-hydrogen) atoms. The van der Waals surface area contributed by atoms with Crippen LogP contribution in [-0.2, 0) is 35.7 Å². The normalized spacial score (nSPS) is 17.9. The summed E-state index contributed by atoms with van der Waals surface area (Å²) in [6.07, 6.45) is 7.12. The van der Waals surface area contributed by atoms with Crippen molar-refractivity contribution in [1.29, 1.82) is 0 Å². The number of hydrogen-bond acceptors (Lipinski definition) is 7. The standard InChI is InChI=1S/C21H26N6O3S/c28-21(24-20-17-5-1-3-14(17)11-15-4-2-6-18(15)20)26-31(29,30)16-12-19(25-23-13-16)27-9-7-22-8-10-27/h11-13,22H,1-10H2,(H2,24,26,28). The first kappa shape index (κ1) is 20.2. The molecule has 1 fully saturated rings. The van der Waals surface area contributed by atoms with E-state index in [0.717, 1.165) is 81.5 Å². The summed E-state index contributed by atoms with van der Waals surface area (Å²) in [6.45, 7) is 3.03. The van der Waals surface area contributed by atoms with E-state index >= 15 is 0 Å². The van der Waals surface area contributed by atoms with E-state index in [2.05, 4.69) is 31.6 Å². The van der Waals surface area contributed by atoms with Gasteiger partial charge in [0, 0.05) is 37.9 Å². The number of urea groups is 1. The summed E-state index contributed by atoms with van der Waals surface area (Å²) < 4.78 is 27.9. The molecule has 1 aromatic carbocycles. The Kier molecular flexibility index (Phi) is 5.27. The van der Waals surface area contributed by atoms with Crippen molar-refractivity contribution in [2.75, 3.05) is 36.4 Å². The first-order valence-corrected chi connectivity index (χ1v) is 12.3. The Morgan fingerprint density at radius 2 is 1.68 bits per heavy atom. The molecule has 9 nitrogen and oxygen atoms in total. The number of carbonyl (C=O) groups is 1. The topological polar surface area (TPSA) is 116 Å². The van der Waals surface area contributed by atoms with Crippen LogP contribution < -0.4 is 20.3 Å². The predicted octanol–water partition coefficient (Wildman–Crippen LogP) is 1.37. The predicted molar refractivity (Wildman–Crippen MR) is 117 cm³/mol. The van der Waals surface area contributed by atoms with E-state index in [9.17, 15) is 13.2 Å². The van der Waals surface area contributed by atoms with Crippen molar-refractivity contribution < 1.29 is 13.2 Å². The fraction of sp³-hybridized carbons (Fsp3) is 0.476. The quantitative estimate of drug-likeness (QED) is 0.655. The minimum absolute atomic E-state index is 0.0743. The number of nitrogens with one attached hydrogen (secondary N) is 3. The fourth-order valence-electron chi connectivity index (χ4n) is 4.82. The maximum atomic E-state index is 12.9. The van der Waals surface area contributed by atoms with Gasteiger partial charge in [0.05, 0.1) is 6.20 Å². The van der Waals surface area contributed by atoms with E-state index in [4.69, 9.17) is 0 Å². The zero-order chi connectivity index (χ0) is 21.4. The molecule has 2 amide bonds. The van der Waals surface area contributed by atoms with E-state index in [0.29, 0.717) is 5.82 Å². The van der Waals surface area contributed by atoms with Gasteiger partial charge < -0.3 is 15.5 Å². The number of benzene rings is 1. The number of anilines is 2. The number of aromatic nitrogens is 2. The number of hydrogen-bond donors (Lipinski definition) is 3. The van der Waals surface area contributed by atoms with Gasteiger partial charge in [0.15, 0.2) is 5.82 Å². The Morgan fingerprint density at radius 1 is 1.00 bits per heavy atom. The average Bonchev–Trinajstić information content (AvgIpc) is 3.43. The number of aryl methyl sites for hydroxylation is 2. The average molecular weight is 443 g/mol. The maximum absolute atomic E-state index is 12.9. The monoisotopic (exact) mass is 442 g/mol. The molecule has 0 radical (unpaired) electrons. The zero-order valence-corrected chi connectivity index (χ0v) is 18.1. The lowest BCUT2D eigenvalue weighted by atomic mass is 9.99. The van der Waals surface area contributed by atoms with Crippen molar-refractivity contribution in [3.8, 4) is 0 Å². The van der Waals surface area contributed by atoms with Crippen molar-refractivity contribution in [2.45, 2.75) is 43.4 Å². The minimum Gasteiger partial charge on any atom is -0.353 e. The lowest BCUT2D eigenvalue weighted by molar-refractivity contribution is 0.256. The number of carbonyl (C=O) groups excluding carboxylic acids is 1. The molecule has 0 bridgehead atoms. The van der Waals surface area contributed by atoms with Crippen LogP contribution in [0.1, 0.15) is 35.1 Å². The fourth-order valence-corrected chi connectivity index (χ4v) is 5.68. The molecule has 5 rings (SSSR count). The number of nitrogens with zero attached hydrogens (tertiary/aromatic N) is 3. The van der Waals surface area contributed by atoms with Crippen LogP contribution in [0.2, 0.25) is 0 Å². The molecule has 1 aromatic heterocycles. The van der Waals surface area contributed by atoms with Crippen molar-refractivity contribution in [2.24, 2.45) is 0 Å². The lowest BCUT2D eigenvalue weighted by Crippen LogP contribution is -2.44. The van der Waals surface area contributed by atoms with E-state index < -0.39 is 16.1 Å². The van der Waals surface area contributed by atoms with Gasteiger partial charge >= 0.3 is 6.03 Å². The van der Waals surface area contributed by atoms with Crippen LogP contribution >= 0.6 is 0 Å². The largest absolute Gasteiger partial charge is 0.353 e. The van der Waals surface area contributed by atoms with Crippen LogP contribution in [0.3, 0.4) is 0 Å². The van der Waals surface area contributed by atoms with Gasteiger partial charge in [-0.3, -0.25) is 0 Å². The molecular formula is C21H26N6O3S. The van der Waals surface area contributed by atoms with Gasteiger partial charge in [-0.1, -0.05) is 6.07 Å². The Hall–Kier alpha value is -2.72. The SMILES string of the molecule is O=C(Nc1c2c(cc3c1CCC3)CCC2)NS(=O)(=O)c1cnnc(N2CCNCC2)c1. The summed E-state index contributed by atoms with van der Waals surface area (Å²) in [5, 5.41) is 14.0. The van der Waals surface area contributed by atoms with Crippen LogP contribution in [0.4, 0.5) is 16.3 Å². The number of rotatable bonds is 4. The lowest BCUT2D eigenvalue weighted by Gasteiger charge is -2.28. The molecule has 2 aliphatic carbocycles. The van der Waals surface area contributed by atoms with Gasteiger partial charge in [-0.2, -0.15) is 5.10 Å². The highest BCUT2D eigenvalue weighted by molar-refractivity contribution is 7.90. The van der Waals surface area contributed by atoms with Crippen LogP contribution in [0.25, 0.3) is 0 Å². The molecule has 2 aromatic rings. The molecule has 164 valence electrons. The van der Waals surface area contributed by atoms with E-state index in [1.54, 1.807) is 0 Å². The van der Waals surface area contributed by atoms with Gasteiger partial charge in [-0.15, -0.1) is 5.10 Å². The second-order valence-electron chi connectivity index (χ2n) is 8.28. The smallest absolute Gasteiger partial charge is 0.333 e. The summed E-state index contributed by atoms with van der Waals surface area (Å²) in [5.74, 6) is 0.489. The molecule has 10 heteroatoms. The molecule has 1 saturated heterocycles. The van der Waals surface area contributed by atoms with Crippen molar-refractivity contribution >= 4 is 27.6 Å². The summed E-state index contributed by atoms with van der Waals surface area (Å²) in [7, 11) is -4.08. The van der Waals surface area contributed by atoms with Gasteiger partial charge in [0.1, 0.15) is 4.90 Å². The minimum atomic E-state index is -4.08. The van der Waals surface area contributed by atoms with Crippen LogP contribution in [0.15, 0.2) is 23.2 Å². The third kappa shape index (κ3) is 3.97. The second kappa shape index (κ2) is 8.08. The first-order chi connectivity index (χ1) is 15.0. The molecule has 1 aliphatic heterocycles. The van der Waals surface area contributed by atoms with Crippen LogP contribution in [0, 0.1) is 0 Å². The highest BCUT2D eigenvalue weighted by atomic mass is 32.2. The van der Waals surface area contributed by atoms with Crippen molar-refractivity contribution in [1.82, 2.24) is 20.2 Å². The van der Waals surface area contributed by atoms with E-state index in [1.165, 1.54) is 23.4 Å². The van der Waals surface area contributed by atoms with Crippen LogP contribution in [0.5, 0.6) is 0 Å². The van der Waals surface area contributed by atoms with Crippen LogP contribution in [-0.4, -0.2) is 50.8 Å². The Labute approximate surface area is 181 Å². The highest BCUT2D eigenvalue weighted by Crippen LogP contribution is 2.38. The highest BCUT2D eigenvalue weighted by Gasteiger charge is 2.27. The Balaban J connectivity index is 1.36. The molecular weight excluding hydrogens is 416 g/mol. The van der Waals surface area contributed by atoms with E-state index in [1.807, 2.05) is 4.90 Å². The third-order valence-corrected chi connectivity index (χ3v) is 7.60. The zero-order valence-electron chi connectivity index (χ0n) is 17.3. The Morgan fingerprint density at radius 3 is 2.35 bits per heavy atom. The molecule has 0 atom stereocenters. The van der Waals surface area contributed by atoms with Gasteiger partial charge in [0.25, 0.3) is 10.0 Å². The van der Waals surface area contributed by atoms with Crippen molar-refractivity contribution in [3.05, 3.63) is 40.6 Å². The summed E-state index contributed by atoms with van der Waals surface area (Å²) in [5.41, 5.74) is 5.67. The molecule has 3 N–H and O–H groups in total. The first-order valence-electron chi connectivity index (χ1n) is 10.8. The second-order valence-corrected chi connectivity index (χ2v) is 9.96. The summed E-state index contributed by atoms with van der Waals surface area (Å²) in [6, 6.07) is 2.99. The molecule has 0 unspecified atom stereocenters. The molecule has 3 aliphatic rings. The molecule has 0 spiro atoms. The third-order valence-electron chi connectivity index (χ3n) is 6.31. The maximum Gasteiger partial charge on any atom is 0.333 e. The van der Waals surface area contributed by atoms with Gasteiger partial charge in [-0.05, 0) is 60.8 Å². The summed E-state index contributed by atoms with van der Waals surface area (Å²) in [4.78, 5) is 14.6. The Bertz CT molecular complexity index is 1100. The number of fused-ring (bicyclic) bond motifs is 2.